The maximum absolute atomic E-state index is 12.2. The van der Waals surface area contributed by atoms with E-state index in [9.17, 15) is 13.2 Å². The minimum atomic E-state index is -3.23. The van der Waals surface area contributed by atoms with Crippen LogP contribution in [0.25, 0.3) is 0 Å². The summed E-state index contributed by atoms with van der Waals surface area (Å²) in [5, 5.41) is 2.84. The lowest BCUT2D eigenvalue weighted by molar-refractivity contribution is 0.0939. The molecule has 0 bridgehead atoms. The Balaban J connectivity index is 2.08. The van der Waals surface area contributed by atoms with Gasteiger partial charge in [-0.3, -0.25) is 4.79 Å². The molecule has 1 unspecified atom stereocenters. The van der Waals surface area contributed by atoms with Crippen LogP contribution in [0.5, 0.6) is 5.88 Å². The number of sulfone groups is 1. The predicted octanol–water partition coefficient (Wildman–Crippen LogP) is 1.98. The van der Waals surface area contributed by atoms with Gasteiger partial charge in [-0.05, 0) is 30.7 Å². The third-order valence-corrected chi connectivity index (χ3v) is 4.49. The number of nitrogens with zero attached hydrogens (tertiary/aromatic N) is 1. The average molecular weight is 334 g/mol. The highest BCUT2D eigenvalue weighted by Crippen LogP contribution is 2.17. The van der Waals surface area contributed by atoms with Crippen LogP contribution in [0.15, 0.2) is 47.5 Å². The van der Waals surface area contributed by atoms with Crippen LogP contribution < -0.4 is 10.1 Å². The summed E-state index contributed by atoms with van der Waals surface area (Å²) in [6.07, 6.45) is 2.59. The van der Waals surface area contributed by atoms with E-state index in [4.69, 9.17) is 4.74 Å². The largest absolute Gasteiger partial charge is 0.481 e. The van der Waals surface area contributed by atoms with Crippen molar-refractivity contribution in [2.75, 3.05) is 13.4 Å². The molecular weight excluding hydrogens is 316 g/mol. The molecule has 0 radical (unpaired) electrons. The molecule has 6 nitrogen and oxygen atoms in total. The average Bonchev–Trinajstić information content (AvgIpc) is 2.54. The third kappa shape index (κ3) is 4.29. The minimum Gasteiger partial charge on any atom is -0.481 e. The van der Waals surface area contributed by atoms with Gasteiger partial charge < -0.3 is 10.1 Å². The van der Waals surface area contributed by atoms with Crippen molar-refractivity contribution in [3.63, 3.8) is 0 Å². The van der Waals surface area contributed by atoms with E-state index in [1.165, 1.54) is 25.4 Å². The van der Waals surface area contributed by atoms with Gasteiger partial charge in [-0.15, -0.1) is 0 Å². The quantitative estimate of drug-likeness (QED) is 0.904. The van der Waals surface area contributed by atoms with Crippen molar-refractivity contribution in [1.82, 2.24) is 10.3 Å². The molecule has 2 rings (SSSR count). The van der Waals surface area contributed by atoms with Crippen LogP contribution in [0.2, 0.25) is 0 Å². The summed E-state index contributed by atoms with van der Waals surface area (Å²) in [4.78, 5) is 16.4. The number of ether oxygens (including phenoxy) is 1. The Hall–Kier alpha value is -2.41. The molecule has 0 saturated heterocycles. The van der Waals surface area contributed by atoms with Gasteiger partial charge in [0, 0.05) is 18.5 Å². The summed E-state index contributed by atoms with van der Waals surface area (Å²) < 4.78 is 27.8. The molecule has 23 heavy (non-hydrogen) atoms. The molecule has 0 saturated carbocycles. The molecule has 1 aromatic carbocycles. The number of methoxy groups -OCH3 is 1. The summed E-state index contributed by atoms with van der Waals surface area (Å²) in [5.41, 5.74) is 1.23. The van der Waals surface area contributed by atoms with Gasteiger partial charge in [0.25, 0.3) is 5.91 Å². The van der Waals surface area contributed by atoms with E-state index in [1.807, 2.05) is 6.92 Å². The minimum absolute atomic E-state index is 0.249. The molecule has 1 heterocycles. The lowest BCUT2D eigenvalue weighted by atomic mass is 10.1. The van der Waals surface area contributed by atoms with Gasteiger partial charge in [-0.2, -0.15) is 0 Å². The Morgan fingerprint density at radius 2 is 1.83 bits per heavy atom. The Morgan fingerprint density at radius 1 is 1.17 bits per heavy atom. The van der Waals surface area contributed by atoms with Crippen LogP contribution >= 0.6 is 0 Å². The van der Waals surface area contributed by atoms with Crippen LogP contribution in [0.3, 0.4) is 0 Å². The first-order chi connectivity index (χ1) is 10.8. The fourth-order valence-corrected chi connectivity index (χ4v) is 2.63. The van der Waals surface area contributed by atoms with Crippen LogP contribution in [0.4, 0.5) is 0 Å². The van der Waals surface area contributed by atoms with Gasteiger partial charge in [0.15, 0.2) is 9.84 Å². The number of pyridine rings is 1. The van der Waals surface area contributed by atoms with Crippen LogP contribution in [-0.2, 0) is 9.84 Å². The lowest BCUT2D eigenvalue weighted by Crippen LogP contribution is -2.26. The highest BCUT2D eigenvalue weighted by molar-refractivity contribution is 7.90. The highest BCUT2D eigenvalue weighted by Gasteiger charge is 2.13. The number of carbonyl (C=O) groups is 1. The molecular formula is C16H18N2O4S. The number of hydrogen-bond donors (Lipinski definition) is 1. The van der Waals surface area contributed by atoms with Gasteiger partial charge in [-0.1, -0.05) is 12.1 Å². The smallest absolute Gasteiger partial charge is 0.253 e. The normalized spacial score (nSPS) is 12.5. The van der Waals surface area contributed by atoms with Crippen LogP contribution in [-0.4, -0.2) is 32.7 Å². The van der Waals surface area contributed by atoms with E-state index in [-0.39, 0.29) is 16.8 Å². The number of amides is 1. The number of aromatic nitrogens is 1. The van der Waals surface area contributed by atoms with E-state index < -0.39 is 9.84 Å². The fourth-order valence-electron chi connectivity index (χ4n) is 2.00. The van der Waals surface area contributed by atoms with E-state index in [0.717, 1.165) is 11.8 Å². The molecule has 0 fully saturated rings. The van der Waals surface area contributed by atoms with Gasteiger partial charge in [0.1, 0.15) is 0 Å². The third-order valence-electron chi connectivity index (χ3n) is 3.36. The molecule has 1 N–H and O–H groups in total. The molecule has 0 aliphatic carbocycles. The summed E-state index contributed by atoms with van der Waals surface area (Å²) in [6.45, 7) is 1.82. The monoisotopic (exact) mass is 334 g/mol. The van der Waals surface area contributed by atoms with Crippen LogP contribution in [0.1, 0.15) is 28.9 Å². The summed E-state index contributed by atoms with van der Waals surface area (Å²) in [7, 11) is -1.72. The molecule has 0 spiro atoms. The van der Waals surface area contributed by atoms with Gasteiger partial charge in [-0.25, -0.2) is 13.4 Å². The van der Waals surface area contributed by atoms with Gasteiger partial charge >= 0.3 is 0 Å². The van der Waals surface area contributed by atoms with Crippen molar-refractivity contribution in [3.8, 4) is 5.88 Å². The van der Waals surface area contributed by atoms with E-state index in [1.54, 1.807) is 24.3 Å². The van der Waals surface area contributed by atoms with E-state index >= 15 is 0 Å². The number of rotatable bonds is 5. The zero-order valence-electron chi connectivity index (χ0n) is 13.1. The number of nitrogens with one attached hydrogen (secondary N) is 1. The van der Waals surface area contributed by atoms with Crippen molar-refractivity contribution < 1.29 is 17.9 Å². The SMILES string of the molecule is COc1ccc(C(=O)NC(C)c2ccc(S(C)(=O)=O)cc2)cn1. The molecule has 122 valence electrons. The molecule has 7 heteroatoms. The number of carbonyl (C=O) groups excluding carboxylic acids is 1. The maximum atomic E-state index is 12.2. The summed E-state index contributed by atoms with van der Waals surface area (Å²) in [6, 6.07) is 9.41. The highest BCUT2D eigenvalue weighted by atomic mass is 32.2. The second-order valence-electron chi connectivity index (χ2n) is 5.13. The molecule has 0 aliphatic heterocycles. The second-order valence-corrected chi connectivity index (χ2v) is 7.14. The van der Waals surface area contributed by atoms with Crippen molar-refractivity contribution in [2.45, 2.75) is 17.9 Å². The first-order valence-electron chi connectivity index (χ1n) is 6.92. The Kier molecular flexibility index (Phi) is 5.00. The van der Waals surface area contributed by atoms with Gasteiger partial charge in [0.2, 0.25) is 5.88 Å². The fraction of sp³-hybridized carbons (Fsp3) is 0.250. The zero-order chi connectivity index (χ0) is 17.0. The lowest BCUT2D eigenvalue weighted by Gasteiger charge is -2.14. The first-order valence-corrected chi connectivity index (χ1v) is 8.81. The Morgan fingerprint density at radius 3 is 2.30 bits per heavy atom. The Labute approximate surface area is 135 Å². The van der Waals surface area contributed by atoms with Crippen LogP contribution in [0, 0.1) is 0 Å². The topological polar surface area (TPSA) is 85.4 Å². The number of benzene rings is 1. The van der Waals surface area contributed by atoms with E-state index in [2.05, 4.69) is 10.3 Å². The van der Waals surface area contributed by atoms with Crippen molar-refractivity contribution in [2.24, 2.45) is 0 Å². The van der Waals surface area contributed by atoms with Crippen molar-refractivity contribution in [1.29, 1.82) is 0 Å². The summed E-state index contributed by atoms with van der Waals surface area (Å²) >= 11 is 0. The first kappa shape index (κ1) is 17.0. The zero-order valence-corrected chi connectivity index (χ0v) is 13.9. The van der Waals surface area contributed by atoms with Crippen molar-refractivity contribution in [3.05, 3.63) is 53.7 Å². The Bertz CT molecular complexity index is 784. The number of hydrogen-bond acceptors (Lipinski definition) is 5. The van der Waals surface area contributed by atoms with Crippen molar-refractivity contribution >= 4 is 15.7 Å². The summed E-state index contributed by atoms with van der Waals surface area (Å²) in [5.74, 6) is 0.172. The molecule has 1 atom stereocenters. The van der Waals surface area contributed by atoms with E-state index in [0.29, 0.717) is 11.4 Å². The maximum Gasteiger partial charge on any atom is 0.253 e. The van der Waals surface area contributed by atoms with Gasteiger partial charge in [0.05, 0.1) is 23.6 Å². The molecule has 0 aliphatic rings. The second kappa shape index (κ2) is 6.78. The molecule has 2 aromatic rings. The molecule has 1 aromatic heterocycles. The predicted molar refractivity (Wildman–Crippen MR) is 86.2 cm³/mol. The standard InChI is InChI=1S/C16H18N2O4S/c1-11(12-4-7-14(8-5-12)23(3,20)21)18-16(19)13-6-9-15(22-2)17-10-13/h4-11H,1-3H3,(H,18,19). The molecule has 1 amide bonds.